The van der Waals surface area contributed by atoms with Crippen molar-refractivity contribution in [2.24, 2.45) is 0 Å². The van der Waals surface area contributed by atoms with E-state index in [1.807, 2.05) is 0 Å². The minimum Gasteiger partial charge on any atom is -0.255 e. The van der Waals surface area contributed by atoms with Crippen molar-refractivity contribution in [3.63, 3.8) is 0 Å². The third-order valence-electron chi connectivity index (χ3n) is 1.69. The topological polar surface area (TPSA) is 15.3 Å². The Hall–Kier alpha value is -0.0800. The number of hydrogen-bond acceptors (Lipinski definition) is 2. The predicted octanol–water partition coefficient (Wildman–Crippen LogP) is 0.997. The maximum absolute atomic E-state index is 3.36. The van der Waals surface area contributed by atoms with Crippen molar-refractivity contribution in [2.45, 2.75) is 26.2 Å². The average molecular weight is 128 g/mol. The lowest BCUT2D eigenvalue weighted by atomic mass is 10.4. The Balaban J connectivity index is 1.98. The molecule has 1 aliphatic heterocycles. The number of hydrazine groups is 1. The normalized spacial score (nSPS) is 21.0. The summed E-state index contributed by atoms with van der Waals surface area (Å²) in [7, 11) is 0. The van der Waals surface area contributed by atoms with Crippen LogP contribution in [0.15, 0.2) is 0 Å². The largest absolute Gasteiger partial charge is 0.255 e. The smallest absolute Gasteiger partial charge is 0.0131 e. The molecule has 2 nitrogen and oxygen atoms in total. The van der Waals surface area contributed by atoms with Crippen LogP contribution in [-0.2, 0) is 0 Å². The molecule has 54 valence electrons. The van der Waals surface area contributed by atoms with E-state index in [-0.39, 0.29) is 0 Å². The summed E-state index contributed by atoms with van der Waals surface area (Å²) in [4.78, 5) is 0. The molecule has 0 aromatic heterocycles. The maximum atomic E-state index is 3.36. The molecule has 0 spiro atoms. The Kier molecular flexibility index (Phi) is 3.01. The van der Waals surface area contributed by atoms with E-state index >= 15 is 0 Å². The molecule has 1 N–H and O–H groups in total. The van der Waals surface area contributed by atoms with Crippen LogP contribution in [0.4, 0.5) is 0 Å². The molecule has 1 heterocycles. The molecule has 0 aromatic carbocycles. The van der Waals surface area contributed by atoms with Gasteiger partial charge in [-0.2, -0.15) is 0 Å². The fourth-order valence-electron chi connectivity index (χ4n) is 1.15. The highest BCUT2D eigenvalue weighted by atomic mass is 15.5. The molecule has 0 atom stereocenters. The molecule has 1 fully saturated rings. The van der Waals surface area contributed by atoms with E-state index in [0.717, 1.165) is 6.54 Å². The zero-order chi connectivity index (χ0) is 6.53. The van der Waals surface area contributed by atoms with Crippen LogP contribution >= 0.6 is 0 Å². The lowest BCUT2D eigenvalue weighted by Gasteiger charge is -2.14. The van der Waals surface area contributed by atoms with E-state index in [9.17, 15) is 0 Å². The minimum atomic E-state index is 1.14. The van der Waals surface area contributed by atoms with E-state index in [0.29, 0.717) is 0 Å². The van der Waals surface area contributed by atoms with Crippen LogP contribution in [-0.4, -0.2) is 24.6 Å². The molecule has 1 saturated heterocycles. The number of nitrogens with zero attached hydrogens (tertiary/aromatic N) is 1. The van der Waals surface area contributed by atoms with E-state index in [4.69, 9.17) is 0 Å². The molecule has 1 aliphatic rings. The van der Waals surface area contributed by atoms with E-state index in [2.05, 4.69) is 17.4 Å². The quantitative estimate of drug-likeness (QED) is 0.610. The molecule has 2 heteroatoms. The van der Waals surface area contributed by atoms with Gasteiger partial charge in [-0.1, -0.05) is 6.92 Å². The van der Waals surface area contributed by atoms with Crippen LogP contribution in [0, 0.1) is 0 Å². The Morgan fingerprint density at radius 3 is 2.56 bits per heavy atom. The SMILES string of the molecule is CCCNN1CCCC1. The van der Waals surface area contributed by atoms with Crippen LogP contribution < -0.4 is 5.43 Å². The first kappa shape index (κ1) is 7.03. The average Bonchev–Trinajstić information content (AvgIpc) is 2.34. The van der Waals surface area contributed by atoms with Crippen LogP contribution in [0.3, 0.4) is 0 Å². The second kappa shape index (κ2) is 3.85. The Labute approximate surface area is 57.2 Å². The Morgan fingerprint density at radius 2 is 2.00 bits per heavy atom. The fourth-order valence-corrected chi connectivity index (χ4v) is 1.15. The van der Waals surface area contributed by atoms with Gasteiger partial charge in [0, 0.05) is 19.6 Å². The van der Waals surface area contributed by atoms with Gasteiger partial charge in [0.1, 0.15) is 0 Å². The molecular weight excluding hydrogens is 112 g/mol. The van der Waals surface area contributed by atoms with Gasteiger partial charge in [0.25, 0.3) is 0 Å². The Morgan fingerprint density at radius 1 is 1.33 bits per heavy atom. The molecule has 0 amide bonds. The monoisotopic (exact) mass is 128 g/mol. The summed E-state index contributed by atoms with van der Waals surface area (Å²) in [6.45, 7) is 5.84. The van der Waals surface area contributed by atoms with E-state index in [1.54, 1.807) is 0 Å². The summed E-state index contributed by atoms with van der Waals surface area (Å²) in [5.41, 5.74) is 3.36. The first-order chi connectivity index (χ1) is 4.43. The van der Waals surface area contributed by atoms with Crippen LogP contribution in [0.2, 0.25) is 0 Å². The number of rotatable bonds is 3. The molecule has 0 aliphatic carbocycles. The van der Waals surface area contributed by atoms with Gasteiger partial charge in [-0.3, -0.25) is 5.43 Å². The first-order valence-corrected chi connectivity index (χ1v) is 3.92. The van der Waals surface area contributed by atoms with Crippen molar-refractivity contribution >= 4 is 0 Å². The van der Waals surface area contributed by atoms with Gasteiger partial charge in [-0.05, 0) is 19.3 Å². The fraction of sp³-hybridized carbons (Fsp3) is 1.00. The summed E-state index contributed by atoms with van der Waals surface area (Å²) in [6, 6.07) is 0. The number of nitrogens with one attached hydrogen (secondary N) is 1. The van der Waals surface area contributed by atoms with Crippen LogP contribution in [0.5, 0.6) is 0 Å². The zero-order valence-corrected chi connectivity index (χ0v) is 6.19. The molecule has 0 bridgehead atoms. The van der Waals surface area contributed by atoms with Crippen LogP contribution in [0.25, 0.3) is 0 Å². The van der Waals surface area contributed by atoms with Gasteiger partial charge in [-0.15, -0.1) is 0 Å². The first-order valence-electron chi connectivity index (χ1n) is 3.92. The third kappa shape index (κ3) is 2.33. The van der Waals surface area contributed by atoms with Gasteiger partial charge in [0.05, 0.1) is 0 Å². The second-order valence-electron chi connectivity index (χ2n) is 2.60. The maximum Gasteiger partial charge on any atom is 0.0131 e. The predicted molar refractivity (Wildman–Crippen MR) is 39.1 cm³/mol. The summed E-state index contributed by atoms with van der Waals surface area (Å²) >= 11 is 0. The van der Waals surface area contributed by atoms with Crippen molar-refractivity contribution in [3.05, 3.63) is 0 Å². The van der Waals surface area contributed by atoms with Gasteiger partial charge >= 0.3 is 0 Å². The van der Waals surface area contributed by atoms with E-state index in [1.165, 1.54) is 32.4 Å². The van der Waals surface area contributed by atoms with Gasteiger partial charge in [0.2, 0.25) is 0 Å². The van der Waals surface area contributed by atoms with Crippen molar-refractivity contribution in [3.8, 4) is 0 Å². The Bertz CT molecular complexity index is 67.3. The van der Waals surface area contributed by atoms with Gasteiger partial charge < -0.3 is 0 Å². The summed E-state index contributed by atoms with van der Waals surface area (Å²) in [5, 5.41) is 2.32. The molecule has 1 rings (SSSR count). The molecule has 0 radical (unpaired) electrons. The van der Waals surface area contributed by atoms with Crippen LogP contribution in [0.1, 0.15) is 26.2 Å². The molecule has 0 unspecified atom stereocenters. The van der Waals surface area contributed by atoms with Gasteiger partial charge in [0.15, 0.2) is 0 Å². The second-order valence-corrected chi connectivity index (χ2v) is 2.60. The van der Waals surface area contributed by atoms with Crippen molar-refractivity contribution in [1.29, 1.82) is 0 Å². The third-order valence-corrected chi connectivity index (χ3v) is 1.69. The summed E-state index contributed by atoms with van der Waals surface area (Å²) in [5.74, 6) is 0. The number of hydrogen-bond donors (Lipinski definition) is 1. The van der Waals surface area contributed by atoms with Crippen molar-refractivity contribution < 1.29 is 0 Å². The van der Waals surface area contributed by atoms with Crippen molar-refractivity contribution in [2.75, 3.05) is 19.6 Å². The summed E-state index contributed by atoms with van der Waals surface area (Å²) < 4.78 is 0. The standard InChI is InChI=1S/C7H16N2/c1-2-5-8-9-6-3-4-7-9/h8H,2-7H2,1H3. The minimum absolute atomic E-state index is 1.14. The molecule has 9 heavy (non-hydrogen) atoms. The highest BCUT2D eigenvalue weighted by Crippen LogP contribution is 2.02. The highest BCUT2D eigenvalue weighted by molar-refractivity contribution is 4.60. The highest BCUT2D eigenvalue weighted by Gasteiger charge is 2.08. The van der Waals surface area contributed by atoms with Crippen molar-refractivity contribution in [1.82, 2.24) is 10.4 Å². The summed E-state index contributed by atoms with van der Waals surface area (Å²) in [6.07, 6.45) is 3.98. The molecular formula is C7H16N2. The van der Waals surface area contributed by atoms with E-state index < -0.39 is 0 Å². The molecule has 0 saturated carbocycles. The zero-order valence-electron chi connectivity index (χ0n) is 6.19. The van der Waals surface area contributed by atoms with Gasteiger partial charge in [-0.25, -0.2) is 5.01 Å². The molecule has 0 aromatic rings. The lowest BCUT2D eigenvalue weighted by molar-refractivity contribution is 0.236. The lowest BCUT2D eigenvalue weighted by Crippen LogP contribution is -2.35.